The van der Waals surface area contributed by atoms with Crippen LogP contribution in [-0.4, -0.2) is 22.6 Å². The molecule has 0 aliphatic heterocycles. The number of nitrogens with two attached hydrogens (primary N) is 1. The van der Waals surface area contributed by atoms with Crippen molar-refractivity contribution in [3.05, 3.63) is 40.6 Å². The van der Waals surface area contributed by atoms with Gasteiger partial charge in [0.25, 0.3) is 0 Å². The Morgan fingerprint density at radius 2 is 2.10 bits per heavy atom. The summed E-state index contributed by atoms with van der Waals surface area (Å²) >= 11 is 5.18. The number of nitrogens with zero attached hydrogens (tertiary/aromatic N) is 2. The Morgan fingerprint density at radius 3 is 2.71 bits per heavy atom. The fourth-order valence-corrected chi connectivity index (χ4v) is 3.22. The number of benzene rings is 1. The second-order valence-electron chi connectivity index (χ2n) is 4.69. The van der Waals surface area contributed by atoms with Gasteiger partial charge in [-0.1, -0.05) is 22.9 Å². The van der Waals surface area contributed by atoms with Crippen LogP contribution >= 0.6 is 27.7 Å². The lowest BCUT2D eigenvalue weighted by molar-refractivity contribution is 0.403. The summed E-state index contributed by atoms with van der Waals surface area (Å²) in [6, 6.07) is 8.14. The fraction of sp³-hybridized carbons (Fsp3) is 0.400. The zero-order valence-electron chi connectivity index (χ0n) is 12.3. The third kappa shape index (κ3) is 4.25. The first kappa shape index (κ1) is 16.4. The normalized spacial score (nSPS) is 12.4. The van der Waals surface area contributed by atoms with Gasteiger partial charge in [-0.25, -0.2) is 0 Å². The van der Waals surface area contributed by atoms with Gasteiger partial charge in [0.2, 0.25) is 0 Å². The van der Waals surface area contributed by atoms with Crippen molar-refractivity contribution in [2.24, 2.45) is 5.73 Å². The van der Waals surface area contributed by atoms with E-state index in [1.807, 2.05) is 16.8 Å². The molecule has 0 spiro atoms. The van der Waals surface area contributed by atoms with Crippen LogP contribution in [0.5, 0.6) is 5.75 Å². The summed E-state index contributed by atoms with van der Waals surface area (Å²) in [6.07, 6.45) is 2.76. The van der Waals surface area contributed by atoms with Gasteiger partial charge in [0.05, 0.1) is 25.0 Å². The van der Waals surface area contributed by atoms with E-state index in [0.29, 0.717) is 0 Å². The molecule has 1 unspecified atom stereocenters. The molecule has 0 fully saturated rings. The molecule has 4 nitrogen and oxygen atoms in total. The molecule has 0 aliphatic rings. The lowest BCUT2D eigenvalue weighted by atomic mass is 10.2. The number of ether oxygens (including phenoxy) is 1. The van der Waals surface area contributed by atoms with E-state index in [0.717, 1.165) is 34.6 Å². The number of rotatable bonds is 7. The van der Waals surface area contributed by atoms with Crippen molar-refractivity contribution >= 4 is 27.7 Å². The van der Waals surface area contributed by atoms with E-state index in [4.69, 9.17) is 10.5 Å². The predicted molar refractivity (Wildman–Crippen MR) is 90.9 cm³/mol. The molecule has 114 valence electrons. The van der Waals surface area contributed by atoms with E-state index in [9.17, 15) is 0 Å². The van der Waals surface area contributed by atoms with Gasteiger partial charge in [-0.05, 0) is 30.7 Å². The molecule has 1 aromatic carbocycles. The quantitative estimate of drug-likeness (QED) is 0.752. The summed E-state index contributed by atoms with van der Waals surface area (Å²) in [4.78, 5) is 1.20. The summed E-state index contributed by atoms with van der Waals surface area (Å²) in [5.74, 6) is 1.56. The fourth-order valence-electron chi connectivity index (χ4n) is 2.09. The highest BCUT2D eigenvalue weighted by atomic mass is 79.9. The molecule has 2 aromatic rings. The molecule has 2 rings (SSSR count). The molecule has 1 atom stereocenters. The summed E-state index contributed by atoms with van der Waals surface area (Å²) in [7, 11) is 1.66. The van der Waals surface area contributed by atoms with Crippen LogP contribution in [0.15, 0.2) is 39.8 Å². The van der Waals surface area contributed by atoms with Crippen molar-refractivity contribution in [1.82, 2.24) is 9.78 Å². The van der Waals surface area contributed by atoms with Crippen molar-refractivity contribution < 1.29 is 4.74 Å². The number of aryl methyl sites for hydroxylation is 1. The molecule has 0 aliphatic carbocycles. The number of halogens is 1. The van der Waals surface area contributed by atoms with Crippen LogP contribution in [-0.2, 0) is 6.54 Å². The standard InChI is InChI=1S/C15H20BrN3OS/c1-3-8-19-15(14(20-2)9-18-19)13(17)10-21-12-6-4-11(16)5-7-12/h4-7,9,13H,3,8,10,17H2,1-2H3. The average molecular weight is 370 g/mol. The molecule has 0 bridgehead atoms. The number of aromatic nitrogens is 2. The minimum atomic E-state index is -0.109. The molecular formula is C15H20BrN3OS. The minimum Gasteiger partial charge on any atom is -0.493 e. The zero-order chi connectivity index (χ0) is 15.2. The summed E-state index contributed by atoms with van der Waals surface area (Å²) in [5, 5.41) is 4.36. The van der Waals surface area contributed by atoms with Crippen LogP contribution < -0.4 is 10.5 Å². The van der Waals surface area contributed by atoms with Gasteiger partial charge in [-0.2, -0.15) is 5.10 Å². The summed E-state index contributed by atoms with van der Waals surface area (Å²) in [6.45, 7) is 2.98. The van der Waals surface area contributed by atoms with Crippen molar-refractivity contribution in [3.63, 3.8) is 0 Å². The Labute approximate surface area is 138 Å². The van der Waals surface area contributed by atoms with Gasteiger partial charge >= 0.3 is 0 Å². The first-order valence-corrected chi connectivity index (χ1v) is 8.67. The smallest absolute Gasteiger partial charge is 0.161 e. The molecule has 6 heteroatoms. The Balaban J connectivity index is 2.07. The number of hydrogen-bond donors (Lipinski definition) is 1. The van der Waals surface area contributed by atoms with Crippen LogP contribution in [0.3, 0.4) is 0 Å². The van der Waals surface area contributed by atoms with Crippen LogP contribution in [0.4, 0.5) is 0 Å². The summed E-state index contributed by atoms with van der Waals surface area (Å²) < 4.78 is 8.41. The van der Waals surface area contributed by atoms with Gasteiger partial charge in [-0.15, -0.1) is 11.8 Å². The second kappa shape index (κ2) is 7.87. The van der Waals surface area contributed by atoms with E-state index < -0.39 is 0 Å². The maximum Gasteiger partial charge on any atom is 0.161 e. The van der Waals surface area contributed by atoms with Crippen LogP contribution in [0, 0.1) is 0 Å². The van der Waals surface area contributed by atoms with Crippen molar-refractivity contribution in [2.45, 2.75) is 30.8 Å². The monoisotopic (exact) mass is 369 g/mol. The first-order valence-electron chi connectivity index (χ1n) is 6.89. The largest absolute Gasteiger partial charge is 0.493 e. The highest BCUT2D eigenvalue weighted by molar-refractivity contribution is 9.10. The van der Waals surface area contributed by atoms with Gasteiger partial charge in [0.1, 0.15) is 0 Å². The maximum absolute atomic E-state index is 6.35. The highest BCUT2D eigenvalue weighted by Crippen LogP contribution is 2.29. The first-order chi connectivity index (χ1) is 10.2. The average Bonchev–Trinajstić information content (AvgIpc) is 2.90. The molecule has 0 saturated carbocycles. The number of thioether (sulfide) groups is 1. The van der Waals surface area contributed by atoms with E-state index in [1.165, 1.54) is 4.90 Å². The minimum absolute atomic E-state index is 0.109. The lowest BCUT2D eigenvalue weighted by Crippen LogP contribution is -2.19. The SMILES string of the molecule is CCCn1ncc(OC)c1C(N)CSc1ccc(Br)cc1. The van der Waals surface area contributed by atoms with Gasteiger partial charge < -0.3 is 10.5 Å². The van der Waals surface area contributed by atoms with Crippen LogP contribution in [0.25, 0.3) is 0 Å². The molecule has 0 saturated heterocycles. The molecule has 21 heavy (non-hydrogen) atoms. The topological polar surface area (TPSA) is 53.1 Å². The Hall–Kier alpha value is -0.980. The highest BCUT2D eigenvalue weighted by Gasteiger charge is 2.18. The number of methoxy groups -OCH3 is 1. The second-order valence-corrected chi connectivity index (χ2v) is 6.70. The van der Waals surface area contributed by atoms with E-state index in [2.05, 4.69) is 40.1 Å². The lowest BCUT2D eigenvalue weighted by Gasteiger charge is -2.15. The van der Waals surface area contributed by atoms with Gasteiger partial charge in [0, 0.05) is 21.7 Å². The molecule has 0 amide bonds. The Bertz CT molecular complexity index is 571. The van der Waals surface area contributed by atoms with Gasteiger partial charge in [0.15, 0.2) is 5.75 Å². The zero-order valence-corrected chi connectivity index (χ0v) is 14.7. The summed E-state index contributed by atoms with van der Waals surface area (Å²) in [5.41, 5.74) is 7.33. The molecule has 0 radical (unpaired) electrons. The number of hydrogen-bond acceptors (Lipinski definition) is 4. The molecule has 1 heterocycles. The predicted octanol–water partition coefficient (Wildman–Crippen LogP) is 3.86. The van der Waals surface area contributed by atoms with Crippen molar-refractivity contribution in [2.75, 3.05) is 12.9 Å². The van der Waals surface area contributed by atoms with Crippen molar-refractivity contribution in [1.29, 1.82) is 0 Å². The Morgan fingerprint density at radius 1 is 1.38 bits per heavy atom. The maximum atomic E-state index is 6.35. The third-order valence-corrected chi connectivity index (χ3v) is 4.75. The van der Waals surface area contributed by atoms with E-state index in [-0.39, 0.29) is 6.04 Å². The Kier molecular flexibility index (Phi) is 6.14. The molecular weight excluding hydrogens is 350 g/mol. The van der Waals surface area contributed by atoms with Crippen LogP contribution in [0.1, 0.15) is 25.1 Å². The van der Waals surface area contributed by atoms with Crippen molar-refractivity contribution in [3.8, 4) is 5.75 Å². The van der Waals surface area contributed by atoms with Gasteiger partial charge in [-0.3, -0.25) is 4.68 Å². The van der Waals surface area contributed by atoms with E-state index >= 15 is 0 Å². The third-order valence-electron chi connectivity index (χ3n) is 3.09. The van der Waals surface area contributed by atoms with E-state index in [1.54, 1.807) is 25.1 Å². The molecule has 1 aromatic heterocycles. The van der Waals surface area contributed by atoms with Crippen LogP contribution in [0.2, 0.25) is 0 Å². The molecule has 2 N–H and O–H groups in total.